The first-order chi connectivity index (χ1) is 9.97. The van der Waals surface area contributed by atoms with E-state index in [9.17, 15) is 9.59 Å². The van der Waals surface area contributed by atoms with Crippen LogP contribution in [0, 0.1) is 13.8 Å². The highest BCUT2D eigenvalue weighted by Gasteiger charge is 2.16. The summed E-state index contributed by atoms with van der Waals surface area (Å²) in [5.41, 5.74) is 1.49. The lowest BCUT2D eigenvalue weighted by Gasteiger charge is -2.11. The van der Waals surface area contributed by atoms with Crippen molar-refractivity contribution in [1.29, 1.82) is 0 Å². The maximum atomic E-state index is 12.1. The van der Waals surface area contributed by atoms with Crippen molar-refractivity contribution in [2.75, 3.05) is 5.32 Å². The van der Waals surface area contributed by atoms with Crippen LogP contribution < -0.4 is 5.32 Å². The number of para-hydroxylation sites is 1. The number of benzene rings is 1. The average Bonchev–Trinajstić information content (AvgIpc) is 2.84. The number of aromatic nitrogens is 2. The van der Waals surface area contributed by atoms with E-state index in [0.29, 0.717) is 11.5 Å². The van der Waals surface area contributed by atoms with E-state index in [1.807, 2.05) is 0 Å². The largest absolute Gasteiger partial charge is 0.452 e. The monoisotopic (exact) mass is 289 g/mol. The third-order valence-electron chi connectivity index (χ3n) is 2.69. The fourth-order valence-corrected chi connectivity index (χ4v) is 1.78. The van der Waals surface area contributed by atoms with Gasteiger partial charge in [0.05, 0.1) is 11.3 Å². The Morgan fingerprint density at radius 3 is 2.71 bits per heavy atom. The lowest BCUT2D eigenvalue weighted by molar-refractivity contribution is -0.114. The number of hydrogen-bond acceptors (Lipinski definition) is 6. The fourth-order valence-electron chi connectivity index (χ4n) is 1.78. The molecule has 1 aromatic heterocycles. The standard InChI is InChI=1S/C14H15N3O4/c1-8-5-4-6-11(13(8)16-10(3)18)14(19)20-7-12-15-9(2)17-21-12/h4-6H,7H2,1-3H3,(H,16,18). The second-order valence-corrected chi connectivity index (χ2v) is 4.49. The van der Waals surface area contributed by atoms with Crippen molar-refractivity contribution < 1.29 is 18.8 Å². The number of anilines is 1. The molecule has 0 aliphatic heterocycles. The number of esters is 1. The summed E-state index contributed by atoms with van der Waals surface area (Å²) in [6.45, 7) is 4.73. The van der Waals surface area contributed by atoms with Gasteiger partial charge in [0, 0.05) is 6.92 Å². The topological polar surface area (TPSA) is 94.3 Å². The number of amides is 1. The van der Waals surface area contributed by atoms with Crippen LogP contribution in [0.25, 0.3) is 0 Å². The van der Waals surface area contributed by atoms with Crippen molar-refractivity contribution in [3.05, 3.63) is 41.0 Å². The van der Waals surface area contributed by atoms with E-state index in [-0.39, 0.29) is 24.0 Å². The van der Waals surface area contributed by atoms with E-state index >= 15 is 0 Å². The quantitative estimate of drug-likeness (QED) is 0.865. The summed E-state index contributed by atoms with van der Waals surface area (Å²) in [6.07, 6.45) is 0. The van der Waals surface area contributed by atoms with Gasteiger partial charge in [0.2, 0.25) is 5.91 Å². The van der Waals surface area contributed by atoms with Crippen molar-refractivity contribution >= 4 is 17.6 Å². The van der Waals surface area contributed by atoms with Crippen LogP contribution in [-0.2, 0) is 16.1 Å². The molecule has 1 amide bonds. The van der Waals surface area contributed by atoms with Crippen molar-refractivity contribution in [3.8, 4) is 0 Å². The predicted molar refractivity (Wildman–Crippen MR) is 73.6 cm³/mol. The van der Waals surface area contributed by atoms with Gasteiger partial charge in [-0.2, -0.15) is 4.98 Å². The molecule has 0 aliphatic carbocycles. The Hall–Kier alpha value is -2.70. The van der Waals surface area contributed by atoms with E-state index in [4.69, 9.17) is 9.26 Å². The molecule has 0 saturated heterocycles. The number of ether oxygens (including phenoxy) is 1. The fraction of sp³-hybridized carbons (Fsp3) is 0.286. The van der Waals surface area contributed by atoms with Gasteiger partial charge in [-0.1, -0.05) is 17.3 Å². The minimum absolute atomic E-state index is 0.118. The van der Waals surface area contributed by atoms with Crippen LogP contribution in [0.3, 0.4) is 0 Å². The Morgan fingerprint density at radius 2 is 2.10 bits per heavy atom. The Balaban J connectivity index is 2.15. The SMILES string of the molecule is CC(=O)Nc1c(C)cccc1C(=O)OCc1nc(C)no1. The normalized spacial score (nSPS) is 10.2. The summed E-state index contributed by atoms with van der Waals surface area (Å²) in [5, 5.41) is 6.24. The highest BCUT2D eigenvalue weighted by molar-refractivity contribution is 6.01. The van der Waals surface area contributed by atoms with Gasteiger partial charge >= 0.3 is 5.97 Å². The molecule has 0 bridgehead atoms. The third kappa shape index (κ3) is 3.65. The molecule has 2 aromatic rings. The molecule has 0 radical (unpaired) electrons. The Labute approximate surface area is 121 Å². The van der Waals surface area contributed by atoms with Gasteiger partial charge in [-0.05, 0) is 25.5 Å². The second-order valence-electron chi connectivity index (χ2n) is 4.49. The summed E-state index contributed by atoms with van der Waals surface area (Å²) in [7, 11) is 0. The van der Waals surface area contributed by atoms with Crippen molar-refractivity contribution in [1.82, 2.24) is 10.1 Å². The van der Waals surface area contributed by atoms with E-state index in [1.165, 1.54) is 6.92 Å². The van der Waals surface area contributed by atoms with Gasteiger partial charge < -0.3 is 14.6 Å². The summed E-state index contributed by atoms with van der Waals surface area (Å²) in [6, 6.07) is 5.09. The van der Waals surface area contributed by atoms with Gasteiger partial charge in [0.15, 0.2) is 12.4 Å². The number of nitrogens with zero attached hydrogens (tertiary/aromatic N) is 2. The zero-order valence-electron chi connectivity index (χ0n) is 12.0. The van der Waals surface area contributed by atoms with Gasteiger partial charge in [0.1, 0.15) is 0 Å². The van der Waals surface area contributed by atoms with E-state index < -0.39 is 5.97 Å². The molecule has 21 heavy (non-hydrogen) atoms. The van der Waals surface area contributed by atoms with E-state index in [0.717, 1.165) is 5.56 Å². The first-order valence-corrected chi connectivity index (χ1v) is 6.31. The van der Waals surface area contributed by atoms with Crippen LogP contribution in [0.1, 0.15) is 34.6 Å². The van der Waals surface area contributed by atoms with Crippen LogP contribution in [0.2, 0.25) is 0 Å². The summed E-state index contributed by atoms with van der Waals surface area (Å²) in [4.78, 5) is 27.3. The van der Waals surface area contributed by atoms with Gasteiger partial charge in [-0.3, -0.25) is 4.79 Å². The van der Waals surface area contributed by atoms with E-state index in [1.54, 1.807) is 32.0 Å². The molecule has 1 heterocycles. The second kappa shape index (κ2) is 6.17. The molecule has 2 rings (SSSR count). The minimum atomic E-state index is -0.571. The maximum Gasteiger partial charge on any atom is 0.340 e. The third-order valence-corrected chi connectivity index (χ3v) is 2.69. The molecule has 7 nitrogen and oxygen atoms in total. The first kappa shape index (κ1) is 14.7. The van der Waals surface area contributed by atoms with Crippen LogP contribution in [-0.4, -0.2) is 22.0 Å². The zero-order chi connectivity index (χ0) is 15.4. The lowest BCUT2D eigenvalue weighted by atomic mass is 10.1. The molecule has 0 fully saturated rings. The summed E-state index contributed by atoms with van der Waals surface area (Å²) in [5.74, 6) is -0.144. The zero-order valence-corrected chi connectivity index (χ0v) is 12.0. The molecule has 110 valence electrons. The molecule has 0 spiro atoms. The first-order valence-electron chi connectivity index (χ1n) is 6.31. The molecule has 1 aromatic carbocycles. The molecule has 7 heteroatoms. The maximum absolute atomic E-state index is 12.1. The smallest absolute Gasteiger partial charge is 0.340 e. The minimum Gasteiger partial charge on any atom is -0.452 e. The highest BCUT2D eigenvalue weighted by atomic mass is 16.6. The summed E-state index contributed by atoms with van der Waals surface area (Å²) >= 11 is 0. The van der Waals surface area contributed by atoms with Gasteiger partial charge in [-0.25, -0.2) is 4.79 Å². The molecule has 0 unspecified atom stereocenters. The van der Waals surface area contributed by atoms with Crippen LogP contribution in [0.5, 0.6) is 0 Å². The van der Waals surface area contributed by atoms with Crippen molar-refractivity contribution in [2.24, 2.45) is 0 Å². The molecule has 0 saturated carbocycles. The Bertz CT molecular complexity index is 679. The van der Waals surface area contributed by atoms with Crippen LogP contribution >= 0.6 is 0 Å². The molecule has 1 N–H and O–H groups in total. The van der Waals surface area contributed by atoms with Crippen LogP contribution in [0.4, 0.5) is 5.69 Å². The molecular weight excluding hydrogens is 274 g/mol. The summed E-state index contributed by atoms with van der Waals surface area (Å²) < 4.78 is 9.98. The number of hydrogen-bond donors (Lipinski definition) is 1. The Kier molecular flexibility index (Phi) is 4.32. The average molecular weight is 289 g/mol. The number of aryl methyl sites for hydroxylation is 2. The molecule has 0 atom stereocenters. The predicted octanol–water partition coefficient (Wildman–Crippen LogP) is 2.00. The van der Waals surface area contributed by atoms with Crippen molar-refractivity contribution in [2.45, 2.75) is 27.4 Å². The van der Waals surface area contributed by atoms with Gasteiger partial charge in [-0.15, -0.1) is 0 Å². The number of nitrogens with one attached hydrogen (secondary N) is 1. The number of rotatable bonds is 4. The molecule has 0 aliphatic rings. The van der Waals surface area contributed by atoms with Crippen molar-refractivity contribution in [3.63, 3.8) is 0 Å². The highest BCUT2D eigenvalue weighted by Crippen LogP contribution is 2.21. The number of carbonyl (C=O) groups excluding carboxylic acids is 2. The lowest BCUT2D eigenvalue weighted by Crippen LogP contribution is -2.14. The van der Waals surface area contributed by atoms with Gasteiger partial charge in [0.25, 0.3) is 5.89 Å². The van der Waals surface area contributed by atoms with E-state index in [2.05, 4.69) is 15.5 Å². The van der Waals surface area contributed by atoms with Crippen LogP contribution in [0.15, 0.2) is 22.7 Å². The Morgan fingerprint density at radius 1 is 1.33 bits per heavy atom. The number of carbonyl (C=O) groups is 2. The molecular formula is C14H15N3O4.